The molecular formula is C24H26N2O3S. The lowest BCUT2D eigenvalue weighted by Gasteiger charge is -2.24. The molecule has 3 aromatic rings. The molecule has 2 heterocycles. The smallest absolute Gasteiger partial charge is 0.260 e. The molecule has 1 unspecified atom stereocenters. The van der Waals surface area contributed by atoms with Gasteiger partial charge in [-0.3, -0.25) is 9.69 Å². The largest absolute Gasteiger partial charge is 0.497 e. The number of rotatable bonds is 5. The van der Waals surface area contributed by atoms with Gasteiger partial charge in [0.05, 0.1) is 30.0 Å². The first-order valence-electron chi connectivity index (χ1n) is 10.7. The summed E-state index contributed by atoms with van der Waals surface area (Å²) in [6.07, 6.45) is 6.69. The molecule has 1 aliphatic carbocycles. The highest BCUT2D eigenvalue weighted by molar-refractivity contribution is 7.22. The lowest BCUT2D eigenvalue weighted by Crippen LogP contribution is -2.37. The zero-order valence-electron chi connectivity index (χ0n) is 17.2. The molecule has 1 aromatic heterocycles. The summed E-state index contributed by atoms with van der Waals surface area (Å²) >= 11 is 1.54. The van der Waals surface area contributed by atoms with Crippen molar-refractivity contribution in [2.45, 2.75) is 44.6 Å². The van der Waals surface area contributed by atoms with Crippen LogP contribution in [-0.2, 0) is 17.6 Å². The molecule has 30 heavy (non-hydrogen) atoms. The van der Waals surface area contributed by atoms with Crippen LogP contribution >= 0.6 is 11.3 Å². The van der Waals surface area contributed by atoms with Crippen molar-refractivity contribution in [1.82, 2.24) is 4.98 Å². The Balaban J connectivity index is 1.50. The number of aromatic nitrogens is 1. The molecule has 2 aliphatic rings. The third-order valence-corrected chi connectivity index (χ3v) is 7.12. The van der Waals surface area contributed by atoms with Crippen LogP contribution in [0.1, 0.15) is 47.2 Å². The van der Waals surface area contributed by atoms with Crippen LogP contribution in [0.25, 0.3) is 10.2 Å². The number of aryl methyl sites for hydroxylation is 2. The second kappa shape index (κ2) is 8.36. The molecule has 6 heteroatoms. The number of carbonyl (C=O) groups excluding carboxylic acids is 1. The summed E-state index contributed by atoms with van der Waals surface area (Å²) in [6, 6.07) is 12.1. The van der Waals surface area contributed by atoms with Crippen molar-refractivity contribution < 1.29 is 14.3 Å². The van der Waals surface area contributed by atoms with Gasteiger partial charge >= 0.3 is 0 Å². The van der Waals surface area contributed by atoms with E-state index in [0.717, 1.165) is 59.0 Å². The molecule has 0 bridgehead atoms. The highest BCUT2D eigenvalue weighted by Crippen LogP contribution is 2.33. The summed E-state index contributed by atoms with van der Waals surface area (Å²) < 4.78 is 12.2. The lowest BCUT2D eigenvalue weighted by atomic mass is 9.90. The van der Waals surface area contributed by atoms with Gasteiger partial charge in [-0.25, -0.2) is 4.98 Å². The molecule has 1 atom stereocenters. The van der Waals surface area contributed by atoms with E-state index < -0.39 is 0 Å². The van der Waals surface area contributed by atoms with Crippen LogP contribution in [-0.4, -0.2) is 37.3 Å². The Hall–Kier alpha value is -2.44. The number of thiazole rings is 1. The summed E-state index contributed by atoms with van der Waals surface area (Å²) in [5.74, 6) is 0.774. The molecule has 0 radical (unpaired) electrons. The summed E-state index contributed by atoms with van der Waals surface area (Å²) in [7, 11) is 1.65. The molecule has 0 spiro atoms. The predicted molar refractivity (Wildman–Crippen MR) is 120 cm³/mol. The molecule has 0 N–H and O–H groups in total. The minimum absolute atomic E-state index is 0.00453. The van der Waals surface area contributed by atoms with Crippen molar-refractivity contribution in [2.75, 3.05) is 25.2 Å². The van der Waals surface area contributed by atoms with E-state index in [1.807, 2.05) is 29.2 Å². The zero-order chi connectivity index (χ0) is 20.5. The highest BCUT2D eigenvalue weighted by atomic mass is 32.1. The van der Waals surface area contributed by atoms with Gasteiger partial charge in [0.2, 0.25) is 0 Å². The second-order valence-corrected chi connectivity index (χ2v) is 9.08. The molecule has 5 rings (SSSR count). The first-order valence-corrected chi connectivity index (χ1v) is 11.5. The average Bonchev–Trinajstić information content (AvgIpc) is 3.45. The molecule has 2 aromatic carbocycles. The number of hydrogen-bond donors (Lipinski definition) is 0. The molecule has 1 saturated heterocycles. The average molecular weight is 423 g/mol. The minimum Gasteiger partial charge on any atom is -0.497 e. The third-order valence-electron chi connectivity index (χ3n) is 6.07. The van der Waals surface area contributed by atoms with Gasteiger partial charge in [0.1, 0.15) is 5.75 Å². The van der Waals surface area contributed by atoms with E-state index in [2.05, 4.69) is 12.1 Å². The van der Waals surface area contributed by atoms with Gasteiger partial charge in [-0.1, -0.05) is 17.4 Å². The SMILES string of the molecule is COc1ccc2sc(N(CC3CCCO3)C(=O)c3ccc4c(c3)CCCC4)nc2c1. The van der Waals surface area contributed by atoms with Crippen LogP contribution in [0, 0.1) is 0 Å². The van der Waals surface area contributed by atoms with E-state index >= 15 is 0 Å². The van der Waals surface area contributed by atoms with E-state index in [9.17, 15) is 4.79 Å². The van der Waals surface area contributed by atoms with Crippen molar-refractivity contribution >= 4 is 32.6 Å². The maximum absolute atomic E-state index is 13.6. The number of anilines is 1. The molecule has 5 nitrogen and oxygen atoms in total. The topological polar surface area (TPSA) is 51.7 Å². The molecular weight excluding hydrogens is 396 g/mol. The van der Waals surface area contributed by atoms with E-state index in [0.29, 0.717) is 6.54 Å². The third kappa shape index (κ3) is 3.82. The first kappa shape index (κ1) is 19.5. The molecule has 1 fully saturated rings. The highest BCUT2D eigenvalue weighted by Gasteiger charge is 2.27. The predicted octanol–water partition coefficient (Wildman–Crippen LogP) is 5.01. The Morgan fingerprint density at radius 1 is 1.17 bits per heavy atom. The van der Waals surface area contributed by atoms with Gasteiger partial charge in [-0.15, -0.1) is 0 Å². The standard InChI is InChI=1S/C24H26N2O3S/c1-28-19-10-11-22-21(14-19)25-24(30-22)26(15-20-7-4-12-29-20)23(27)18-9-8-16-5-2-3-6-17(16)13-18/h8-11,13-14,20H,2-7,12,15H2,1H3. The molecule has 0 saturated carbocycles. The van der Waals surface area contributed by atoms with Crippen LogP contribution in [0.3, 0.4) is 0 Å². The van der Waals surface area contributed by atoms with Crippen molar-refractivity contribution in [3.05, 3.63) is 53.1 Å². The zero-order valence-corrected chi connectivity index (χ0v) is 18.0. The maximum atomic E-state index is 13.6. The van der Waals surface area contributed by atoms with Crippen molar-refractivity contribution in [3.8, 4) is 5.75 Å². The number of benzene rings is 2. The maximum Gasteiger partial charge on any atom is 0.260 e. The van der Waals surface area contributed by atoms with Gasteiger partial charge in [0.15, 0.2) is 5.13 Å². The molecule has 1 aliphatic heterocycles. The summed E-state index contributed by atoms with van der Waals surface area (Å²) in [5, 5.41) is 0.719. The van der Waals surface area contributed by atoms with Gasteiger partial charge in [0.25, 0.3) is 5.91 Å². The summed E-state index contributed by atoms with van der Waals surface area (Å²) in [6.45, 7) is 1.30. The van der Waals surface area contributed by atoms with Crippen LogP contribution in [0.15, 0.2) is 36.4 Å². The van der Waals surface area contributed by atoms with Crippen molar-refractivity contribution in [2.24, 2.45) is 0 Å². The van der Waals surface area contributed by atoms with Crippen LogP contribution < -0.4 is 9.64 Å². The van der Waals surface area contributed by atoms with E-state index in [-0.39, 0.29) is 12.0 Å². The number of amides is 1. The fourth-order valence-electron chi connectivity index (χ4n) is 4.40. The van der Waals surface area contributed by atoms with Gasteiger partial charge < -0.3 is 9.47 Å². The van der Waals surface area contributed by atoms with Crippen LogP contribution in [0.5, 0.6) is 5.75 Å². The molecule has 156 valence electrons. The number of carbonyl (C=O) groups is 1. The van der Waals surface area contributed by atoms with Gasteiger partial charge in [0, 0.05) is 18.2 Å². The number of hydrogen-bond acceptors (Lipinski definition) is 5. The Morgan fingerprint density at radius 2 is 2.03 bits per heavy atom. The van der Waals surface area contributed by atoms with Gasteiger partial charge in [-0.2, -0.15) is 0 Å². The minimum atomic E-state index is 0.00453. The monoisotopic (exact) mass is 422 g/mol. The Labute approximate surface area is 180 Å². The van der Waals surface area contributed by atoms with E-state index in [1.165, 1.54) is 24.0 Å². The normalized spacial score (nSPS) is 18.4. The Kier molecular flexibility index (Phi) is 5.44. The number of fused-ring (bicyclic) bond motifs is 2. The lowest BCUT2D eigenvalue weighted by molar-refractivity contribution is 0.0917. The summed E-state index contributed by atoms with van der Waals surface area (Å²) in [5.41, 5.74) is 4.30. The fourth-order valence-corrected chi connectivity index (χ4v) is 5.35. The number of nitrogens with zero attached hydrogens (tertiary/aromatic N) is 2. The quantitative estimate of drug-likeness (QED) is 0.580. The molecule has 1 amide bonds. The van der Waals surface area contributed by atoms with Crippen LogP contribution in [0.2, 0.25) is 0 Å². The summed E-state index contributed by atoms with van der Waals surface area (Å²) in [4.78, 5) is 20.2. The Morgan fingerprint density at radius 3 is 2.83 bits per heavy atom. The van der Waals surface area contributed by atoms with Crippen molar-refractivity contribution in [1.29, 1.82) is 0 Å². The number of methoxy groups -OCH3 is 1. The van der Waals surface area contributed by atoms with E-state index in [1.54, 1.807) is 18.4 Å². The first-order chi connectivity index (χ1) is 14.7. The van der Waals surface area contributed by atoms with Gasteiger partial charge in [-0.05, 0) is 73.9 Å². The second-order valence-electron chi connectivity index (χ2n) is 8.07. The Bertz CT molecular complexity index is 1070. The fraction of sp³-hybridized carbons (Fsp3) is 0.417. The van der Waals surface area contributed by atoms with Crippen LogP contribution in [0.4, 0.5) is 5.13 Å². The number of ether oxygens (including phenoxy) is 2. The van der Waals surface area contributed by atoms with Crippen molar-refractivity contribution in [3.63, 3.8) is 0 Å². The van der Waals surface area contributed by atoms with E-state index in [4.69, 9.17) is 14.5 Å².